The normalized spacial score (nSPS) is 10.3. The Morgan fingerprint density at radius 3 is 2.74 bits per heavy atom. The number of H-pyrrole nitrogens is 1. The summed E-state index contributed by atoms with van der Waals surface area (Å²) in [6.45, 7) is 0. The third kappa shape index (κ3) is 4.26. The Morgan fingerprint density at radius 1 is 1.32 bits per heavy atom. The Kier molecular flexibility index (Phi) is 4.35. The topological polar surface area (TPSA) is 83.0 Å². The summed E-state index contributed by atoms with van der Waals surface area (Å²) in [5.74, 6) is -0.0236. The molecule has 1 aromatic heterocycles. The van der Waals surface area contributed by atoms with Crippen LogP contribution in [0.25, 0.3) is 0 Å². The molecule has 19 heavy (non-hydrogen) atoms. The lowest BCUT2D eigenvalue weighted by Gasteiger charge is -2.03. The summed E-state index contributed by atoms with van der Waals surface area (Å²) < 4.78 is 0. The minimum absolute atomic E-state index is 0.243. The third-order valence-electron chi connectivity index (χ3n) is 2.29. The zero-order valence-corrected chi connectivity index (χ0v) is 10.8. The summed E-state index contributed by atoms with van der Waals surface area (Å²) in [5.41, 5.74) is -0.0465. The molecule has 2 N–H and O–H groups in total. The summed E-state index contributed by atoms with van der Waals surface area (Å²) in [4.78, 5) is 29.8. The van der Waals surface area contributed by atoms with Crippen molar-refractivity contribution in [3.63, 3.8) is 0 Å². The molecule has 1 aromatic carbocycles. The van der Waals surface area contributed by atoms with Crippen molar-refractivity contribution in [1.29, 1.82) is 0 Å². The Morgan fingerprint density at radius 2 is 2.05 bits per heavy atom. The highest BCUT2D eigenvalue weighted by molar-refractivity contribution is 7.98. The number of benzene rings is 1. The highest BCUT2D eigenvalue weighted by atomic mass is 32.2. The first-order valence-electron chi connectivity index (χ1n) is 5.62. The van der Waals surface area contributed by atoms with E-state index in [0.717, 1.165) is 4.90 Å². The molecule has 0 fully saturated rings. The standard InChI is InChI=1S/C13H12N2O3S/c16-12-6-9(7-13(17)18)14-11(15-12)8-19-10-4-2-1-3-5-10/h1-6H,7-8H2,(H,17,18)(H,14,15,16). The van der Waals surface area contributed by atoms with Crippen LogP contribution in [0.4, 0.5) is 0 Å². The van der Waals surface area contributed by atoms with Crippen LogP contribution in [0.2, 0.25) is 0 Å². The number of nitrogens with one attached hydrogen (secondary N) is 1. The molecule has 98 valence electrons. The Balaban J connectivity index is 2.10. The van der Waals surface area contributed by atoms with E-state index >= 15 is 0 Å². The van der Waals surface area contributed by atoms with Gasteiger partial charge < -0.3 is 10.1 Å². The van der Waals surface area contributed by atoms with Gasteiger partial charge in [0.2, 0.25) is 0 Å². The Bertz CT molecular complexity index is 625. The summed E-state index contributed by atoms with van der Waals surface area (Å²) in [6.07, 6.45) is -0.243. The van der Waals surface area contributed by atoms with Crippen molar-refractivity contribution < 1.29 is 9.90 Å². The SMILES string of the molecule is O=C(O)Cc1cc(=O)[nH]c(CSc2ccccc2)n1. The van der Waals surface area contributed by atoms with Crippen molar-refractivity contribution in [2.75, 3.05) is 0 Å². The molecular weight excluding hydrogens is 264 g/mol. The van der Waals surface area contributed by atoms with E-state index in [9.17, 15) is 9.59 Å². The van der Waals surface area contributed by atoms with Gasteiger partial charge in [-0.3, -0.25) is 9.59 Å². The van der Waals surface area contributed by atoms with E-state index in [1.807, 2.05) is 30.3 Å². The fourth-order valence-electron chi connectivity index (χ4n) is 1.55. The summed E-state index contributed by atoms with van der Waals surface area (Å²) in [5, 5.41) is 8.70. The highest BCUT2D eigenvalue weighted by Gasteiger charge is 2.06. The second-order valence-corrected chi connectivity index (χ2v) is 4.90. The smallest absolute Gasteiger partial charge is 0.309 e. The van der Waals surface area contributed by atoms with Crippen LogP contribution in [0.1, 0.15) is 11.5 Å². The average molecular weight is 276 g/mol. The molecule has 5 nitrogen and oxygen atoms in total. The number of hydrogen-bond donors (Lipinski definition) is 2. The molecule has 0 saturated carbocycles. The number of aliphatic carboxylic acids is 1. The number of rotatable bonds is 5. The van der Waals surface area contributed by atoms with Gasteiger partial charge in [-0.1, -0.05) is 18.2 Å². The van der Waals surface area contributed by atoms with E-state index < -0.39 is 5.97 Å². The first kappa shape index (κ1) is 13.4. The van der Waals surface area contributed by atoms with Crippen LogP contribution in [0, 0.1) is 0 Å². The van der Waals surface area contributed by atoms with Gasteiger partial charge in [0.1, 0.15) is 5.82 Å². The number of aromatic nitrogens is 2. The zero-order valence-electron chi connectivity index (χ0n) is 10.00. The number of aromatic amines is 1. The molecule has 0 amide bonds. The molecule has 0 spiro atoms. The molecule has 0 saturated heterocycles. The molecule has 0 unspecified atom stereocenters. The van der Waals surface area contributed by atoms with Gasteiger partial charge in [0, 0.05) is 11.0 Å². The van der Waals surface area contributed by atoms with E-state index in [-0.39, 0.29) is 17.7 Å². The van der Waals surface area contributed by atoms with Crippen molar-refractivity contribution in [3.8, 4) is 0 Å². The second-order valence-electron chi connectivity index (χ2n) is 3.86. The van der Waals surface area contributed by atoms with Crippen molar-refractivity contribution in [1.82, 2.24) is 9.97 Å². The second kappa shape index (κ2) is 6.19. The van der Waals surface area contributed by atoms with Crippen LogP contribution in [0.5, 0.6) is 0 Å². The summed E-state index contributed by atoms with van der Waals surface area (Å²) >= 11 is 1.53. The maximum atomic E-state index is 11.4. The van der Waals surface area contributed by atoms with Crippen molar-refractivity contribution >= 4 is 17.7 Å². The highest BCUT2D eigenvalue weighted by Crippen LogP contribution is 2.20. The number of thioether (sulfide) groups is 1. The largest absolute Gasteiger partial charge is 0.481 e. The third-order valence-corrected chi connectivity index (χ3v) is 3.32. The van der Waals surface area contributed by atoms with Gasteiger partial charge in [-0.05, 0) is 12.1 Å². The number of hydrogen-bond acceptors (Lipinski definition) is 4. The molecule has 0 aliphatic carbocycles. The zero-order chi connectivity index (χ0) is 13.7. The molecule has 6 heteroatoms. The lowest BCUT2D eigenvalue weighted by Crippen LogP contribution is -2.14. The first-order valence-corrected chi connectivity index (χ1v) is 6.61. The van der Waals surface area contributed by atoms with Crippen LogP contribution >= 0.6 is 11.8 Å². The van der Waals surface area contributed by atoms with Crippen molar-refractivity contribution in [2.24, 2.45) is 0 Å². The predicted molar refractivity (Wildman–Crippen MR) is 72.2 cm³/mol. The fourth-order valence-corrected chi connectivity index (χ4v) is 2.34. The lowest BCUT2D eigenvalue weighted by molar-refractivity contribution is -0.136. The Hall–Kier alpha value is -2.08. The van der Waals surface area contributed by atoms with Crippen LogP contribution < -0.4 is 5.56 Å². The number of carbonyl (C=O) groups is 1. The number of nitrogens with zero attached hydrogens (tertiary/aromatic N) is 1. The summed E-state index contributed by atoms with van der Waals surface area (Å²) in [7, 11) is 0. The molecule has 2 aromatic rings. The molecule has 0 radical (unpaired) electrons. The minimum atomic E-state index is -1.00. The van der Waals surface area contributed by atoms with Gasteiger partial charge in [0.25, 0.3) is 5.56 Å². The number of carboxylic acids is 1. The van der Waals surface area contributed by atoms with Crippen LogP contribution in [-0.2, 0) is 17.0 Å². The molecule has 0 aliphatic heterocycles. The lowest BCUT2D eigenvalue weighted by atomic mass is 10.3. The monoisotopic (exact) mass is 276 g/mol. The van der Waals surface area contributed by atoms with E-state index in [1.165, 1.54) is 17.8 Å². The van der Waals surface area contributed by atoms with Gasteiger partial charge in [-0.15, -0.1) is 11.8 Å². The van der Waals surface area contributed by atoms with Gasteiger partial charge in [-0.2, -0.15) is 0 Å². The van der Waals surface area contributed by atoms with Crippen molar-refractivity contribution in [2.45, 2.75) is 17.1 Å². The molecule has 0 atom stereocenters. The molecular formula is C13H12N2O3S. The van der Waals surface area contributed by atoms with E-state index in [1.54, 1.807) is 0 Å². The Labute approximate surface area is 113 Å². The van der Waals surface area contributed by atoms with Crippen LogP contribution in [-0.4, -0.2) is 21.0 Å². The van der Waals surface area contributed by atoms with Gasteiger partial charge >= 0.3 is 5.97 Å². The average Bonchev–Trinajstić information content (AvgIpc) is 2.36. The first-order chi connectivity index (χ1) is 9.13. The minimum Gasteiger partial charge on any atom is -0.481 e. The van der Waals surface area contributed by atoms with Gasteiger partial charge in [0.15, 0.2) is 0 Å². The van der Waals surface area contributed by atoms with Crippen molar-refractivity contribution in [3.05, 3.63) is 58.3 Å². The maximum absolute atomic E-state index is 11.4. The van der Waals surface area contributed by atoms with E-state index in [4.69, 9.17) is 5.11 Å². The van der Waals surface area contributed by atoms with Gasteiger partial charge in [0.05, 0.1) is 17.9 Å². The maximum Gasteiger partial charge on any atom is 0.309 e. The quantitative estimate of drug-likeness (QED) is 0.812. The van der Waals surface area contributed by atoms with Crippen LogP contribution in [0.3, 0.4) is 0 Å². The molecule has 0 bridgehead atoms. The predicted octanol–water partition coefficient (Wildman–Crippen LogP) is 1.69. The summed E-state index contributed by atoms with van der Waals surface area (Å²) in [6, 6.07) is 10.9. The number of carboxylic acid groups (broad SMARTS) is 1. The van der Waals surface area contributed by atoms with Gasteiger partial charge in [-0.25, -0.2) is 4.98 Å². The molecule has 2 rings (SSSR count). The van der Waals surface area contributed by atoms with Crippen LogP contribution in [0.15, 0.2) is 46.1 Å². The molecule has 1 heterocycles. The van der Waals surface area contributed by atoms with E-state index in [2.05, 4.69) is 9.97 Å². The fraction of sp³-hybridized carbons (Fsp3) is 0.154. The molecule has 0 aliphatic rings. The van der Waals surface area contributed by atoms with E-state index in [0.29, 0.717) is 11.6 Å².